The quantitative estimate of drug-likeness (QED) is 0.823. The van der Waals surface area contributed by atoms with Crippen molar-refractivity contribution in [2.24, 2.45) is 0 Å². The van der Waals surface area contributed by atoms with Gasteiger partial charge in [0.15, 0.2) is 10.3 Å². The first-order chi connectivity index (χ1) is 8.72. The standard InChI is InChI=1S/C10H14ClN3O2S2/c11-8-7(9(15)12-1-6-17)18-10(13-8)14-2-4-16-5-3-14/h17H,1-6H2,(H,12,15). The largest absolute Gasteiger partial charge is 0.378 e. The fourth-order valence-corrected chi connectivity index (χ4v) is 2.94. The molecule has 1 aromatic heterocycles. The molecule has 0 atom stereocenters. The minimum atomic E-state index is -0.189. The van der Waals surface area contributed by atoms with E-state index in [0.717, 1.165) is 18.2 Å². The summed E-state index contributed by atoms with van der Waals surface area (Å²) in [5.74, 6) is 0.407. The Morgan fingerprint density at radius 1 is 1.56 bits per heavy atom. The van der Waals surface area contributed by atoms with Gasteiger partial charge in [-0.25, -0.2) is 4.98 Å². The number of carbonyl (C=O) groups is 1. The van der Waals surface area contributed by atoms with Crippen LogP contribution in [0.15, 0.2) is 0 Å². The first-order valence-corrected chi connectivity index (χ1v) is 7.43. The van der Waals surface area contributed by atoms with Gasteiger partial charge in [-0.3, -0.25) is 4.79 Å². The Balaban J connectivity index is 2.08. The lowest BCUT2D eigenvalue weighted by Gasteiger charge is -2.25. The Morgan fingerprint density at radius 2 is 2.28 bits per heavy atom. The lowest BCUT2D eigenvalue weighted by molar-refractivity contribution is 0.0960. The van der Waals surface area contributed by atoms with Crippen molar-refractivity contribution in [2.45, 2.75) is 0 Å². The number of nitrogens with zero attached hydrogens (tertiary/aromatic N) is 2. The second kappa shape index (κ2) is 6.60. The van der Waals surface area contributed by atoms with Crippen molar-refractivity contribution in [1.29, 1.82) is 0 Å². The van der Waals surface area contributed by atoms with Crippen molar-refractivity contribution >= 4 is 46.6 Å². The Kier molecular flexibility index (Phi) is 5.11. The maximum atomic E-state index is 11.8. The molecule has 8 heteroatoms. The predicted molar refractivity (Wildman–Crippen MR) is 76.3 cm³/mol. The van der Waals surface area contributed by atoms with Gasteiger partial charge in [-0.2, -0.15) is 12.6 Å². The Hall–Kier alpha value is -0.500. The minimum Gasteiger partial charge on any atom is -0.378 e. The molecule has 1 aromatic rings. The van der Waals surface area contributed by atoms with Crippen molar-refractivity contribution in [1.82, 2.24) is 10.3 Å². The third-order valence-corrected chi connectivity index (χ3v) is 4.18. The second-order valence-corrected chi connectivity index (χ2v) is 5.48. The van der Waals surface area contributed by atoms with Gasteiger partial charge in [-0.15, -0.1) is 0 Å². The summed E-state index contributed by atoms with van der Waals surface area (Å²) in [7, 11) is 0. The molecule has 0 bridgehead atoms. The third-order valence-electron chi connectivity index (χ3n) is 2.46. The molecule has 18 heavy (non-hydrogen) atoms. The topological polar surface area (TPSA) is 54.5 Å². The van der Waals surface area contributed by atoms with Crippen LogP contribution in [0.5, 0.6) is 0 Å². The Labute approximate surface area is 120 Å². The van der Waals surface area contributed by atoms with Gasteiger partial charge in [-0.05, 0) is 0 Å². The third kappa shape index (κ3) is 3.28. The van der Waals surface area contributed by atoms with Crippen LogP contribution in [0.25, 0.3) is 0 Å². The van der Waals surface area contributed by atoms with E-state index in [4.69, 9.17) is 16.3 Å². The van der Waals surface area contributed by atoms with E-state index in [2.05, 4.69) is 27.8 Å². The van der Waals surface area contributed by atoms with Gasteiger partial charge in [-0.1, -0.05) is 22.9 Å². The molecular formula is C10H14ClN3O2S2. The van der Waals surface area contributed by atoms with E-state index in [0.29, 0.717) is 30.4 Å². The molecule has 0 radical (unpaired) electrons. The number of morpholine rings is 1. The van der Waals surface area contributed by atoms with E-state index in [-0.39, 0.29) is 11.1 Å². The first kappa shape index (κ1) is 13.9. The van der Waals surface area contributed by atoms with Gasteiger partial charge in [0.1, 0.15) is 4.88 Å². The molecule has 0 aromatic carbocycles. The molecule has 1 saturated heterocycles. The molecule has 1 aliphatic heterocycles. The molecule has 0 aliphatic carbocycles. The molecule has 1 N–H and O–H groups in total. The van der Waals surface area contributed by atoms with E-state index < -0.39 is 0 Å². The van der Waals surface area contributed by atoms with Crippen molar-refractivity contribution in [3.63, 3.8) is 0 Å². The summed E-state index contributed by atoms with van der Waals surface area (Å²) in [5.41, 5.74) is 0. The number of hydrogen-bond donors (Lipinski definition) is 2. The molecule has 0 saturated carbocycles. The van der Waals surface area contributed by atoms with Gasteiger partial charge in [0.05, 0.1) is 13.2 Å². The lowest BCUT2D eigenvalue weighted by Crippen LogP contribution is -2.36. The van der Waals surface area contributed by atoms with Gasteiger partial charge in [0, 0.05) is 25.4 Å². The lowest BCUT2D eigenvalue weighted by atomic mass is 10.5. The number of ether oxygens (including phenoxy) is 1. The molecule has 0 spiro atoms. The van der Waals surface area contributed by atoms with E-state index >= 15 is 0 Å². The average Bonchev–Trinajstić information content (AvgIpc) is 2.79. The first-order valence-electron chi connectivity index (χ1n) is 5.60. The summed E-state index contributed by atoms with van der Waals surface area (Å²) in [5, 5.41) is 3.77. The van der Waals surface area contributed by atoms with Gasteiger partial charge in [0.2, 0.25) is 0 Å². The number of anilines is 1. The van der Waals surface area contributed by atoms with Gasteiger partial charge >= 0.3 is 0 Å². The maximum absolute atomic E-state index is 11.8. The number of carbonyl (C=O) groups excluding carboxylic acids is 1. The molecule has 2 heterocycles. The SMILES string of the molecule is O=C(NCCS)c1sc(N2CCOCC2)nc1Cl. The van der Waals surface area contributed by atoms with Crippen LogP contribution in [0, 0.1) is 0 Å². The highest BCUT2D eigenvalue weighted by atomic mass is 35.5. The van der Waals surface area contributed by atoms with E-state index in [1.54, 1.807) is 0 Å². The molecule has 1 aliphatic rings. The molecule has 1 fully saturated rings. The van der Waals surface area contributed by atoms with Crippen LogP contribution < -0.4 is 10.2 Å². The number of halogens is 1. The minimum absolute atomic E-state index is 0.189. The van der Waals surface area contributed by atoms with Crippen LogP contribution in [-0.2, 0) is 4.74 Å². The molecule has 1 amide bonds. The number of hydrogen-bond acceptors (Lipinski definition) is 6. The van der Waals surface area contributed by atoms with Crippen LogP contribution in [0.1, 0.15) is 9.67 Å². The number of amides is 1. The second-order valence-electron chi connectivity index (χ2n) is 3.70. The molecule has 0 unspecified atom stereocenters. The van der Waals surface area contributed by atoms with Crippen LogP contribution >= 0.6 is 35.6 Å². The highest BCUT2D eigenvalue weighted by Crippen LogP contribution is 2.29. The number of rotatable bonds is 4. The number of thiol groups is 1. The van der Waals surface area contributed by atoms with E-state index in [1.165, 1.54) is 11.3 Å². The Bertz CT molecular complexity index is 421. The van der Waals surface area contributed by atoms with Crippen molar-refractivity contribution in [3.05, 3.63) is 10.0 Å². The summed E-state index contributed by atoms with van der Waals surface area (Å²) in [4.78, 5) is 18.6. The molecule has 2 rings (SSSR count). The van der Waals surface area contributed by atoms with Crippen molar-refractivity contribution < 1.29 is 9.53 Å². The maximum Gasteiger partial charge on any atom is 0.264 e. The average molecular weight is 308 g/mol. The summed E-state index contributed by atoms with van der Waals surface area (Å²) in [6.45, 7) is 3.43. The summed E-state index contributed by atoms with van der Waals surface area (Å²) in [6, 6.07) is 0. The Morgan fingerprint density at radius 3 is 2.94 bits per heavy atom. The van der Waals surface area contributed by atoms with Crippen molar-refractivity contribution in [3.8, 4) is 0 Å². The van der Waals surface area contributed by atoms with Crippen LogP contribution in [-0.4, -0.2) is 49.5 Å². The van der Waals surface area contributed by atoms with Crippen molar-refractivity contribution in [2.75, 3.05) is 43.5 Å². The zero-order valence-corrected chi connectivity index (χ0v) is 12.2. The molecule has 5 nitrogen and oxygen atoms in total. The molecule has 100 valence electrons. The fraction of sp³-hybridized carbons (Fsp3) is 0.600. The highest BCUT2D eigenvalue weighted by Gasteiger charge is 2.21. The van der Waals surface area contributed by atoms with Crippen LogP contribution in [0.2, 0.25) is 5.15 Å². The normalized spacial score (nSPS) is 15.8. The summed E-state index contributed by atoms with van der Waals surface area (Å²) < 4.78 is 5.27. The van der Waals surface area contributed by atoms with E-state index in [1.807, 2.05) is 0 Å². The summed E-state index contributed by atoms with van der Waals surface area (Å²) >= 11 is 11.4. The number of aromatic nitrogens is 1. The predicted octanol–water partition coefficient (Wildman–Crippen LogP) is 1.29. The zero-order chi connectivity index (χ0) is 13.0. The highest BCUT2D eigenvalue weighted by molar-refractivity contribution is 7.80. The van der Waals surface area contributed by atoms with E-state index in [9.17, 15) is 4.79 Å². The smallest absolute Gasteiger partial charge is 0.264 e. The summed E-state index contributed by atoms with van der Waals surface area (Å²) in [6.07, 6.45) is 0. The number of nitrogens with one attached hydrogen (secondary N) is 1. The fourth-order valence-electron chi connectivity index (χ4n) is 1.57. The van der Waals surface area contributed by atoms with Crippen LogP contribution in [0.3, 0.4) is 0 Å². The zero-order valence-electron chi connectivity index (χ0n) is 9.69. The van der Waals surface area contributed by atoms with Gasteiger partial charge in [0.25, 0.3) is 5.91 Å². The number of thiazole rings is 1. The van der Waals surface area contributed by atoms with Gasteiger partial charge < -0.3 is 15.0 Å². The monoisotopic (exact) mass is 307 g/mol. The molecular weight excluding hydrogens is 294 g/mol. The van der Waals surface area contributed by atoms with Crippen LogP contribution in [0.4, 0.5) is 5.13 Å².